The largest absolute Gasteiger partial charge is 0.468 e. The van der Waals surface area contributed by atoms with E-state index in [1.807, 2.05) is 0 Å². The van der Waals surface area contributed by atoms with Gasteiger partial charge in [-0.25, -0.2) is 0 Å². The first kappa shape index (κ1) is 12.8. The second-order valence-corrected chi connectivity index (χ2v) is 3.21. The first-order chi connectivity index (χ1) is 8.15. The van der Waals surface area contributed by atoms with Crippen molar-refractivity contribution in [2.45, 2.75) is 5.92 Å². The van der Waals surface area contributed by atoms with Crippen LogP contribution in [0.2, 0.25) is 0 Å². The van der Waals surface area contributed by atoms with Crippen LogP contribution in [-0.4, -0.2) is 26.2 Å². The third-order valence-corrected chi connectivity index (χ3v) is 2.30. The Balaban J connectivity index is 3.27. The summed E-state index contributed by atoms with van der Waals surface area (Å²) in [6.45, 7) is 0. The molecule has 0 bridgehead atoms. The van der Waals surface area contributed by atoms with E-state index in [1.54, 1.807) is 24.3 Å². The van der Waals surface area contributed by atoms with E-state index in [1.165, 1.54) is 14.2 Å². The molecule has 0 fully saturated rings. The van der Waals surface area contributed by atoms with E-state index in [0.29, 0.717) is 11.1 Å². The van der Waals surface area contributed by atoms with Crippen molar-refractivity contribution in [3.63, 3.8) is 0 Å². The second-order valence-electron chi connectivity index (χ2n) is 3.21. The summed E-state index contributed by atoms with van der Waals surface area (Å²) in [4.78, 5) is 23.2. The average molecular weight is 232 g/mol. The van der Waals surface area contributed by atoms with Gasteiger partial charge in [-0.2, -0.15) is 0 Å². The van der Waals surface area contributed by atoms with Gasteiger partial charge >= 0.3 is 11.9 Å². The molecular formula is C13H12O4. The first-order valence-electron chi connectivity index (χ1n) is 4.87. The topological polar surface area (TPSA) is 52.6 Å². The van der Waals surface area contributed by atoms with E-state index in [0.717, 1.165) is 0 Å². The summed E-state index contributed by atoms with van der Waals surface area (Å²) in [6, 6.07) is 6.67. The minimum Gasteiger partial charge on any atom is -0.468 e. The van der Waals surface area contributed by atoms with Crippen LogP contribution in [0.15, 0.2) is 24.3 Å². The third-order valence-electron chi connectivity index (χ3n) is 2.30. The Kier molecular flexibility index (Phi) is 4.29. The monoisotopic (exact) mass is 232 g/mol. The summed E-state index contributed by atoms with van der Waals surface area (Å²) in [6.07, 6.45) is 5.32. The van der Waals surface area contributed by atoms with Crippen molar-refractivity contribution in [2.75, 3.05) is 14.2 Å². The van der Waals surface area contributed by atoms with Crippen molar-refractivity contribution >= 4 is 11.9 Å². The number of esters is 2. The molecule has 1 aromatic rings. The molecule has 0 spiro atoms. The molecule has 0 unspecified atom stereocenters. The van der Waals surface area contributed by atoms with Crippen molar-refractivity contribution in [3.8, 4) is 12.3 Å². The molecule has 1 aromatic carbocycles. The Morgan fingerprint density at radius 2 is 1.71 bits per heavy atom. The minimum atomic E-state index is -1.14. The smallest absolute Gasteiger partial charge is 0.324 e. The molecule has 0 amide bonds. The van der Waals surface area contributed by atoms with Gasteiger partial charge in [0.25, 0.3) is 0 Å². The van der Waals surface area contributed by atoms with Crippen LogP contribution in [0.4, 0.5) is 0 Å². The lowest BCUT2D eigenvalue weighted by Gasteiger charge is -2.14. The summed E-state index contributed by atoms with van der Waals surface area (Å²) in [5, 5.41) is 0. The van der Waals surface area contributed by atoms with E-state index >= 15 is 0 Å². The Hall–Kier alpha value is -2.28. The highest BCUT2D eigenvalue weighted by Gasteiger charge is 2.31. The van der Waals surface area contributed by atoms with E-state index < -0.39 is 17.9 Å². The van der Waals surface area contributed by atoms with Gasteiger partial charge in [-0.15, -0.1) is 6.42 Å². The number of benzene rings is 1. The summed E-state index contributed by atoms with van der Waals surface area (Å²) >= 11 is 0. The molecule has 88 valence electrons. The Bertz CT molecular complexity index is 455. The number of carbonyl (C=O) groups excluding carboxylic acids is 2. The summed E-state index contributed by atoms with van der Waals surface area (Å²) in [7, 11) is 2.41. The van der Waals surface area contributed by atoms with Crippen LogP contribution >= 0.6 is 0 Å². The van der Waals surface area contributed by atoms with Crippen molar-refractivity contribution in [3.05, 3.63) is 35.4 Å². The maximum absolute atomic E-state index is 11.6. The Morgan fingerprint density at radius 1 is 1.18 bits per heavy atom. The van der Waals surface area contributed by atoms with E-state index in [9.17, 15) is 9.59 Å². The number of hydrogen-bond acceptors (Lipinski definition) is 4. The molecule has 17 heavy (non-hydrogen) atoms. The fourth-order valence-corrected chi connectivity index (χ4v) is 1.47. The van der Waals surface area contributed by atoms with Crippen molar-refractivity contribution in [1.82, 2.24) is 0 Å². The normalized spacial score (nSPS) is 9.53. The molecular weight excluding hydrogens is 220 g/mol. The zero-order chi connectivity index (χ0) is 12.8. The maximum Gasteiger partial charge on any atom is 0.324 e. The molecule has 0 heterocycles. The van der Waals surface area contributed by atoms with Crippen LogP contribution in [0.25, 0.3) is 0 Å². The van der Waals surface area contributed by atoms with E-state index in [2.05, 4.69) is 15.4 Å². The van der Waals surface area contributed by atoms with E-state index in [-0.39, 0.29) is 0 Å². The highest BCUT2D eigenvalue weighted by Crippen LogP contribution is 2.22. The number of hydrogen-bond donors (Lipinski definition) is 0. The Morgan fingerprint density at radius 3 is 2.18 bits per heavy atom. The second kappa shape index (κ2) is 5.71. The third kappa shape index (κ3) is 2.64. The number of methoxy groups -OCH3 is 2. The standard InChI is InChI=1S/C13H12O4/c1-4-9-7-5-6-8-10(9)11(12(14)16-2)13(15)17-3/h1,5-8,11H,2-3H3. The fraction of sp³-hybridized carbons (Fsp3) is 0.231. The highest BCUT2D eigenvalue weighted by molar-refractivity contribution is 6.01. The number of carbonyl (C=O) groups is 2. The zero-order valence-corrected chi connectivity index (χ0v) is 9.60. The first-order valence-corrected chi connectivity index (χ1v) is 4.87. The van der Waals surface area contributed by atoms with Gasteiger partial charge in [0.2, 0.25) is 0 Å². The molecule has 0 aliphatic carbocycles. The molecule has 0 aliphatic heterocycles. The molecule has 0 N–H and O–H groups in total. The van der Waals surface area contributed by atoms with Gasteiger partial charge in [-0.05, 0) is 11.6 Å². The van der Waals surface area contributed by atoms with Crippen molar-refractivity contribution in [2.24, 2.45) is 0 Å². The van der Waals surface area contributed by atoms with Gasteiger partial charge in [-0.1, -0.05) is 24.1 Å². The summed E-state index contributed by atoms with van der Waals surface area (Å²) < 4.78 is 9.16. The van der Waals surface area contributed by atoms with Gasteiger partial charge in [0, 0.05) is 5.56 Å². The minimum absolute atomic E-state index is 0.411. The lowest BCUT2D eigenvalue weighted by atomic mass is 9.94. The molecule has 0 aliphatic rings. The molecule has 0 saturated heterocycles. The van der Waals surface area contributed by atoms with Crippen LogP contribution in [0.5, 0.6) is 0 Å². The van der Waals surface area contributed by atoms with Gasteiger partial charge in [0.15, 0.2) is 5.92 Å². The van der Waals surface area contributed by atoms with Crippen LogP contribution in [-0.2, 0) is 19.1 Å². The highest BCUT2D eigenvalue weighted by atomic mass is 16.5. The van der Waals surface area contributed by atoms with Crippen LogP contribution < -0.4 is 0 Å². The fourth-order valence-electron chi connectivity index (χ4n) is 1.47. The predicted octanol–water partition coefficient (Wildman–Crippen LogP) is 1.10. The maximum atomic E-state index is 11.6. The molecule has 0 aromatic heterocycles. The van der Waals surface area contributed by atoms with Gasteiger partial charge in [-0.3, -0.25) is 9.59 Å². The van der Waals surface area contributed by atoms with Crippen LogP contribution in [0.3, 0.4) is 0 Å². The zero-order valence-electron chi connectivity index (χ0n) is 9.60. The predicted molar refractivity (Wildman–Crippen MR) is 61.2 cm³/mol. The molecule has 0 saturated carbocycles. The molecule has 4 nitrogen and oxygen atoms in total. The molecule has 0 atom stereocenters. The number of rotatable bonds is 3. The molecule has 4 heteroatoms. The molecule has 1 rings (SSSR count). The lowest BCUT2D eigenvalue weighted by molar-refractivity contribution is -0.154. The Labute approximate surface area is 99.5 Å². The quantitative estimate of drug-likeness (QED) is 0.445. The van der Waals surface area contributed by atoms with Gasteiger partial charge < -0.3 is 9.47 Å². The van der Waals surface area contributed by atoms with Crippen molar-refractivity contribution in [1.29, 1.82) is 0 Å². The van der Waals surface area contributed by atoms with Gasteiger partial charge in [0.1, 0.15) is 0 Å². The van der Waals surface area contributed by atoms with E-state index in [4.69, 9.17) is 6.42 Å². The lowest BCUT2D eigenvalue weighted by Crippen LogP contribution is -2.25. The van der Waals surface area contributed by atoms with Crippen LogP contribution in [0.1, 0.15) is 17.0 Å². The van der Waals surface area contributed by atoms with Crippen molar-refractivity contribution < 1.29 is 19.1 Å². The number of terminal acetylenes is 1. The summed E-state index contributed by atoms with van der Waals surface area (Å²) in [5.41, 5.74) is 0.877. The SMILES string of the molecule is C#Cc1ccccc1C(C(=O)OC)C(=O)OC. The summed E-state index contributed by atoms with van der Waals surface area (Å²) in [5.74, 6) is -0.113. The average Bonchev–Trinajstić information content (AvgIpc) is 2.39. The van der Waals surface area contributed by atoms with Gasteiger partial charge in [0.05, 0.1) is 14.2 Å². The number of ether oxygens (including phenoxy) is 2. The molecule has 0 radical (unpaired) electrons. The van der Waals surface area contributed by atoms with Crippen LogP contribution in [0, 0.1) is 12.3 Å².